The Morgan fingerprint density at radius 2 is 1.76 bits per heavy atom. The minimum atomic E-state index is -3.87. The Morgan fingerprint density at radius 3 is 2.53 bits per heavy atom. The summed E-state index contributed by atoms with van der Waals surface area (Å²) in [4.78, 5) is -0.0636. The zero-order valence-electron chi connectivity index (χ0n) is 19.5. The van der Waals surface area contributed by atoms with Crippen LogP contribution in [-0.2, 0) is 16.6 Å². The number of primary sulfonamides is 1. The van der Waals surface area contributed by atoms with Crippen molar-refractivity contribution in [2.75, 3.05) is 5.32 Å². The Morgan fingerprint density at radius 1 is 1.00 bits per heavy atom. The fourth-order valence-electron chi connectivity index (χ4n) is 4.14. The number of nitrogens with two attached hydrogens (primary N) is 1. The molecule has 0 saturated heterocycles. The fourth-order valence-corrected chi connectivity index (χ4v) is 6.30. The summed E-state index contributed by atoms with van der Waals surface area (Å²) in [6.07, 6.45) is 0. The largest absolute Gasteiger partial charge is 0.493 e. The lowest BCUT2D eigenvalue weighted by Crippen LogP contribution is -2.13. The molecule has 0 aliphatic rings. The monoisotopic (exact) mass is 671 g/mol. The summed E-state index contributed by atoms with van der Waals surface area (Å²) in [6.45, 7) is 0.395. The van der Waals surface area contributed by atoms with Crippen LogP contribution >= 0.6 is 44.1 Å². The van der Waals surface area contributed by atoms with E-state index < -0.39 is 10.0 Å². The number of fused-ring (bicyclic) bond motifs is 2. The van der Waals surface area contributed by atoms with E-state index in [1.807, 2.05) is 36.4 Å². The van der Waals surface area contributed by atoms with E-state index in [4.69, 9.17) is 17.4 Å². The molecule has 0 fully saturated rings. The van der Waals surface area contributed by atoms with Crippen LogP contribution in [0.1, 0.15) is 5.56 Å². The Hall–Kier alpha value is -3.16. The van der Waals surface area contributed by atoms with Crippen molar-refractivity contribution in [2.24, 2.45) is 15.4 Å². The topological polar surface area (TPSA) is 122 Å². The molecule has 4 aromatic carbocycles. The molecular weight excluding hydrogens is 654 g/mol. The molecule has 0 radical (unpaired) electrons. The van der Waals surface area contributed by atoms with Crippen molar-refractivity contribution < 1.29 is 13.5 Å². The van der Waals surface area contributed by atoms with E-state index in [9.17, 15) is 13.5 Å². The van der Waals surface area contributed by atoms with Gasteiger partial charge in [0, 0.05) is 20.0 Å². The van der Waals surface area contributed by atoms with Crippen LogP contribution in [0.15, 0.2) is 103 Å². The summed E-state index contributed by atoms with van der Waals surface area (Å²) in [5, 5.41) is 30.5. The highest BCUT2D eigenvalue weighted by Gasteiger charge is 2.20. The van der Waals surface area contributed by atoms with Gasteiger partial charge in [-0.05, 0) is 80.9 Å². The van der Waals surface area contributed by atoms with Crippen LogP contribution < -0.4 is 10.5 Å². The lowest BCUT2D eigenvalue weighted by molar-refractivity contribution is 0.429. The molecule has 0 aliphatic carbocycles. The van der Waals surface area contributed by atoms with E-state index >= 15 is 0 Å². The predicted molar refractivity (Wildman–Crippen MR) is 161 cm³/mol. The van der Waals surface area contributed by atoms with Gasteiger partial charge in [0.05, 0.1) is 17.0 Å². The van der Waals surface area contributed by atoms with Crippen molar-refractivity contribution in [1.29, 1.82) is 0 Å². The number of sulfonamides is 1. The second-order valence-electron chi connectivity index (χ2n) is 8.43. The first-order valence-corrected chi connectivity index (χ1v) is 14.7. The first-order valence-electron chi connectivity index (χ1n) is 11.1. The zero-order chi connectivity index (χ0) is 27.0. The number of nitrogens with zero attached hydrogens (tertiary/aromatic N) is 3. The van der Waals surface area contributed by atoms with Gasteiger partial charge in [0.1, 0.15) is 0 Å². The Bertz CT molecular complexity index is 1870. The first-order chi connectivity index (χ1) is 18.1. The third-order valence-electron chi connectivity index (χ3n) is 5.83. The molecule has 0 unspecified atom stereocenters. The summed E-state index contributed by atoms with van der Waals surface area (Å²) in [5.74, 6) is -0.0743. The standard InChI is InChI=1S/C26H19Br2N5O3S2/c27-18-11-21-23(31-32-26(37)30-19-6-3-7-20(13-19)38(29,35)36)25(34)33(24(21)22(28)12-18)14-15-8-9-16-4-1-2-5-17(16)10-15/h1-13,34H,14H2,(H,30,37)(H2,29,35,36). The SMILES string of the molecule is NS(=O)(=O)c1cccc(NC(=S)N=Nc2c(O)n(Cc3ccc4ccccc4c3)c3c(Br)cc(Br)cc23)c1. The molecule has 38 heavy (non-hydrogen) atoms. The van der Waals surface area contributed by atoms with E-state index in [1.54, 1.807) is 10.6 Å². The smallest absolute Gasteiger partial charge is 0.238 e. The minimum Gasteiger partial charge on any atom is -0.493 e. The van der Waals surface area contributed by atoms with Gasteiger partial charge in [-0.25, -0.2) is 13.6 Å². The van der Waals surface area contributed by atoms with E-state index in [2.05, 4.69) is 65.6 Å². The number of benzene rings is 4. The Labute approximate surface area is 240 Å². The van der Waals surface area contributed by atoms with E-state index in [0.717, 1.165) is 30.8 Å². The second-order valence-corrected chi connectivity index (χ2v) is 12.1. The van der Waals surface area contributed by atoms with Gasteiger partial charge in [-0.15, -0.1) is 10.2 Å². The molecule has 1 heterocycles. The molecule has 0 atom stereocenters. The van der Waals surface area contributed by atoms with Crippen LogP contribution in [0.3, 0.4) is 0 Å². The average Bonchev–Trinajstić information content (AvgIpc) is 3.12. The number of aromatic nitrogens is 1. The molecule has 0 bridgehead atoms. The molecule has 0 saturated carbocycles. The van der Waals surface area contributed by atoms with E-state index in [0.29, 0.717) is 17.6 Å². The molecule has 1 aromatic heterocycles. The van der Waals surface area contributed by atoms with Crippen molar-refractivity contribution >= 4 is 92.3 Å². The predicted octanol–water partition coefficient (Wildman–Crippen LogP) is 7.20. The number of rotatable bonds is 5. The first kappa shape index (κ1) is 26.4. The lowest BCUT2D eigenvalue weighted by Gasteiger charge is -2.10. The maximum absolute atomic E-state index is 11.6. The summed E-state index contributed by atoms with van der Waals surface area (Å²) in [5.41, 5.74) is 2.37. The van der Waals surface area contributed by atoms with Crippen LogP contribution in [0.4, 0.5) is 11.4 Å². The van der Waals surface area contributed by atoms with Gasteiger partial charge < -0.3 is 15.0 Å². The Balaban J connectivity index is 1.50. The normalized spacial score (nSPS) is 12.0. The molecule has 0 aliphatic heterocycles. The summed E-state index contributed by atoms with van der Waals surface area (Å²) in [7, 11) is -3.87. The molecule has 12 heteroatoms. The number of nitrogens with one attached hydrogen (secondary N) is 1. The number of hydrogen-bond acceptors (Lipinski definition) is 5. The zero-order valence-corrected chi connectivity index (χ0v) is 24.3. The van der Waals surface area contributed by atoms with Crippen LogP contribution in [0, 0.1) is 0 Å². The number of hydrogen-bond donors (Lipinski definition) is 3. The van der Waals surface area contributed by atoms with Gasteiger partial charge >= 0.3 is 0 Å². The summed E-state index contributed by atoms with van der Waals surface area (Å²) >= 11 is 12.4. The second kappa shape index (κ2) is 10.5. The number of aromatic hydroxyl groups is 1. The van der Waals surface area contributed by atoms with Crippen molar-refractivity contribution in [1.82, 2.24) is 4.57 Å². The molecule has 192 valence electrons. The minimum absolute atomic E-state index is 0.0274. The maximum Gasteiger partial charge on any atom is 0.238 e. The van der Waals surface area contributed by atoms with Gasteiger partial charge in [0.15, 0.2) is 5.69 Å². The van der Waals surface area contributed by atoms with Crippen LogP contribution in [0.5, 0.6) is 5.88 Å². The highest BCUT2D eigenvalue weighted by molar-refractivity contribution is 9.11. The van der Waals surface area contributed by atoms with Crippen LogP contribution in [0.25, 0.3) is 21.7 Å². The third-order valence-corrected chi connectivity index (χ3v) is 7.99. The number of thiocarbonyl (C=S) groups is 1. The molecule has 0 spiro atoms. The lowest BCUT2D eigenvalue weighted by atomic mass is 10.1. The summed E-state index contributed by atoms with van der Waals surface area (Å²) < 4.78 is 26.6. The third kappa shape index (κ3) is 5.49. The van der Waals surface area contributed by atoms with Crippen molar-refractivity contribution in [2.45, 2.75) is 11.4 Å². The van der Waals surface area contributed by atoms with E-state index in [-0.39, 0.29) is 21.6 Å². The molecule has 8 nitrogen and oxygen atoms in total. The molecule has 5 aromatic rings. The van der Waals surface area contributed by atoms with Crippen molar-refractivity contribution in [3.63, 3.8) is 0 Å². The molecule has 5 rings (SSSR count). The molecule has 4 N–H and O–H groups in total. The van der Waals surface area contributed by atoms with Gasteiger partial charge in [0.25, 0.3) is 0 Å². The highest BCUT2D eigenvalue weighted by atomic mass is 79.9. The van der Waals surface area contributed by atoms with Crippen molar-refractivity contribution in [3.05, 3.63) is 93.4 Å². The van der Waals surface area contributed by atoms with Crippen molar-refractivity contribution in [3.8, 4) is 5.88 Å². The quantitative estimate of drug-likeness (QED) is 0.135. The summed E-state index contributed by atoms with van der Waals surface area (Å²) in [6, 6.07) is 23.9. The maximum atomic E-state index is 11.6. The molecule has 0 amide bonds. The van der Waals surface area contributed by atoms with Gasteiger partial charge in [-0.1, -0.05) is 58.4 Å². The Kier molecular flexibility index (Phi) is 7.34. The number of halogens is 2. The van der Waals surface area contributed by atoms with Gasteiger partial charge in [-0.2, -0.15) is 0 Å². The molecular formula is C26H19Br2N5O3S2. The number of azo groups is 1. The average molecular weight is 673 g/mol. The fraction of sp³-hybridized carbons (Fsp3) is 0.0385. The number of anilines is 1. The van der Waals surface area contributed by atoms with E-state index in [1.165, 1.54) is 18.2 Å². The van der Waals surface area contributed by atoms with Gasteiger partial charge in [0.2, 0.25) is 21.0 Å². The van der Waals surface area contributed by atoms with Crippen LogP contribution in [0.2, 0.25) is 0 Å². The highest BCUT2D eigenvalue weighted by Crippen LogP contribution is 2.43. The van der Waals surface area contributed by atoms with Gasteiger partial charge in [-0.3, -0.25) is 0 Å². The van der Waals surface area contributed by atoms with Crippen LogP contribution in [-0.4, -0.2) is 23.2 Å².